The van der Waals surface area contributed by atoms with Crippen molar-refractivity contribution in [2.75, 3.05) is 5.32 Å². The average Bonchev–Trinajstić information content (AvgIpc) is 3.05. The van der Waals surface area contributed by atoms with Crippen molar-refractivity contribution in [3.8, 4) is 5.75 Å². The second-order valence-corrected chi connectivity index (χ2v) is 6.31. The van der Waals surface area contributed by atoms with E-state index in [1.165, 1.54) is 5.56 Å². The molecule has 0 aliphatic carbocycles. The van der Waals surface area contributed by atoms with Gasteiger partial charge in [0.25, 0.3) is 5.89 Å². The molecule has 1 aromatic heterocycles. The molecular weight excluding hydrogens is 354 g/mol. The summed E-state index contributed by atoms with van der Waals surface area (Å²) in [5, 5.41) is 7.27. The minimum atomic E-state index is -0.209. The molecule has 0 bridgehead atoms. The number of amides is 1. The van der Waals surface area contributed by atoms with Crippen LogP contribution < -0.4 is 10.1 Å². The maximum atomic E-state index is 12.1. The number of halogens is 1. The Morgan fingerprint density at radius 2 is 1.92 bits per heavy atom. The lowest BCUT2D eigenvalue weighted by atomic mass is 10.1. The van der Waals surface area contributed by atoms with E-state index in [1.807, 2.05) is 32.0 Å². The molecule has 7 heteroatoms. The number of rotatable bonds is 6. The number of nitrogens with one attached hydrogen (secondary N) is 1. The van der Waals surface area contributed by atoms with Gasteiger partial charge in [-0.05, 0) is 61.4 Å². The average molecular weight is 372 g/mol. The largest absolute Gasteiger partial charge is 0.484 e. The summed E-state index contributed by atoms with van der Waals surface area (Å²) in [6, 6.07) is 12.7. The molecule has 3 aromatic rings. The van der Waals surface area contributed by atoms with Crippen molar-refractivity contribution in [1.82, 2.24) is 10.1 Å². The Kier molecular flexibility index (Phi) is 5.53. The Morgan fingerprint density at radius 3 is 2.65 bits per heavy atom. The van der Waals surface area contributed by atoms with E-state index in [0.717, 1.165) is 11.3 Å². The molecule has 0 aliphatic rings. The Bertz CT molecular complexity index is 907. The zero-order chi connectivity index (χ0) is 18.5. The van der Waals surface area contributed by atoms with Crippen LogP contribution in [-0.4, -0.2) is 16.0 Å². The SMILES string of the molecule is Cc1ccc(NC(=O)Cc2noc(COc3ccc(Cl)cc3)n2)cc1C. The Morgan fingerprint density at radius 1 is 1.15 bits per heavy atom. The van der Waals surface area contributed by atoms with Gasteiger partial charge in [-0.15, -0.1) is 0 Å². The normalized spacial score (nSPS) is 10.6. The van der Waals surface area contributed by atoms with Gasteiger partial charge < -0.3 is 14.6 Å². The van der Waals surface area contributed by atoms with Gasteiger partial charge >= 0.3 is 0 Å². The highest BCUT2D eigenvalue weighted by atomic mass is 35.5. The third-order valence-electron chi connectivity index (χ3n) is 3.80. The first-order chi connectivity index (χ1) is 12.5. The summed E-state index contributed by atoms with van der Waals surface area (Å²) in [5.74, 6) is 1.04. The second kappa shape index (κ2) is 8.01. The smallest absolute Gasteiger partial charge is 0.264 e. The van der Waals surface area contributed by atoms with Crippen molar-refractivity contribution in [3.05, 3.63) is 70.3 Å². The van der Waals surface area contributed by atoms with E-state index in [1.54, 1.807) is 24.3 Å². The van der Waals surface area contributed by atoms with E-state index in [-0.39, 0.29) is 18.9 Å². The molecule has 134 valence electrons. The first kappa shape index (κ1) is 17.9. The Hall–Kier alpha value is -2.86. The molecule has 0 atom stereocenters. The standard InChI is InChI=1S/C19H18ClN3O3/c1-12-3-6-15(9-13(12)2)21-18(24)10-17-22-19(26-23-17)11-25-16-7-4-14(20)5-8-16/h3-9H,10-11H2,1-2H3,(H,21,24). The first-order valence-corrected chi connectivity index (χ1v) is 8.44. The maximum Gasteiger partial charge on any atom is 0.264 e. The maximum absolute atomic E-state index is 12.1. The molecule has 0 aliphatic heterocycles. The minimum absolute atomic E-state index is 0.0252. The number of carbonyl (C=O) groups is 1. The summed E-state index contributed by atoms with van der Waals surface area (Å²) >= 11 is 5.82. The van der Waals surface area contributed by atoms with Gasteiger partial charge in [0.15, 0.2) is 12.4 Å². The van der Waals surface area contributed by atoms with Crippen LogP contribution in [0, 0.1) is 13.8 Å². The van der Waals surface area contributed by atoms with Gasteiger partial charge in [0.2, 0.25) is 5.91 Å². The van der Waals surface area contributed by atoms with Crippen molar-refractivity contribution in [2.24, 2.45) is 0 Å². The van der Waals surface area contributed by atoms with Gasteiger partial charge in [-0.3, -0.25) is 4.79 Å². The van der Waals surface area contributed by atoms with Crippen molar-refractivity contribution < 1.29 is 14.1 Å². The van der Waals surface area contributed by atoms with Crippen LogP contribution in [0.25, 0.3) is 0 Å². The van der Waals surface area contributed by atoms with Gasteiger partial charge in [0, 0.05) is 10.7 Å². The number of anilines is 1. The summed E-state index contributed by atoms with van der Waals surface area (Å²) in [6.07, 6.45) is 0.0252. The van der Waals surface area contributed by atoms with Gasteiger partial charge in [0.1, 0.15) is 5.75 Å². The van der Waals surface area contributed by atoms with E-state index in [9.17, 15) is 4.79 Å². The first-order valence-electron chi connectivity index (χ1n) is 8.06. The molecule has 26 heavy (non-hydrogen) atoms. The molecule has 0 unspecified atom stereocenters. The molecule has 0 radical (unpaired) electrons. The third-order valence-corrected chi connectivity index (χ3v) is 4.05. The number of hydrogen-bond donors (Lipinski definition) is 1. The van der Waals surface area contributed by atoms with E-state index in [4.69, 9.17) is 20.9 Å². The van der Waals surface area contributed by atoms with Crippen molar-refractivity contribution in [1.29, 1.82) is 0 Å². The monoisotopic (exact) mass is 371 g/mol. The molecule has 0 saturated heterocycles. The molecule has 1 amide bonds. The fourth-order valence-corrected chi connectivity index (χ4v) is 2.39. The van der Waals surface area contributed by atoms with Crippen molar-refractivity contribution in [2.45, 2.75) is 26.9 Å². The van der Waals surface area contributed by atoms with Gasteiger partial charge in [-0.2, -0.15) is 4.98 Å². The predicted octanol–water partition coefficient (Wildman–Crippen LogP) is 4.10. The van der Waals surface area contributed by atoms with E-state index in [0.29, 0.717) is 22.5 Å². The Labute approximate surface area is 156 Å². The number of benzene rings is 2. The van der Waals surface area contributed by atoms with Gasteiger partial charge in [0.05, 0.1) is 6.42 Å². The highest BCUT2D eigenvalue weighted by Crippen LogP contribution is 2.17. The van der Waals surface area contributed by atoms with Crippen LogP contribution in [0.4, 0.5) is 5.69 Å². The van der Waals surface area contributed by atoms with Crippen LogP contribution >= 0.6 is 11.6 Å². The summed E-state index contributed by atoms with van der Waals surface area (Å²) < 4.78 is 10.6. The molecular formula is C19H18ClN3O3. The third kappa shape index (κ3) is 4.83. The molecule has 0 saturated carbocycles. The van der Waals surface area contributed by atoms with E-state index < -0.39 is 0 Å². The number of aryl methyl sites for hydroxylation is 2. The lowest BCUT2D eigenvalue weighted by Gasteiger charge is -2.06. The van der Waals surface area contributed by atoms with Crippen LogP contribution in [0.15, 0.2) is 47.0 Å². The predicted molar refractivity (Wildman–Crippen MR) is 98.3 cm³/mol. The van der Waals surface area contributed by atoms with Crippen molar-refractivity contribution in [3.63, 3.8) is 0 Å². The quantitative estimate of drug-likeness (QED) is 0.705. The van der Waals surface area contributed by atoms with Gasteiger partial charge in [-0.25, -0.2) is 0 Å². The highest BCUT2D eigenvalue weighted by molar-refractivity contribution is 6.30. The molecule has 0 spiro atoms. The molecule has 0 fully saturated rings. The molecule has 1 heterocycles. The van der Waals surface area contributed by atoms with Crippen LogP contribution in [0.3, 0.4) is 0 Å². The fourth-order valence-electron chi connectivity index (χ4n) is 2.26. The van der Waals surface area contributed by atoms with E-state index >= 15 is 0 Å². The van der Waals surface area contributed by atoms with Crippen LogP contribution in [0.5, 0.6) is 5.75 Å². The van der Waals surface area contributed by atoms with Crippen LogP contribution in [0.2, 0.25) is 5.02 Å². The van der Waals surface area contributed by atoms with Crippen molar-refractivity contribution >= 4 is 23.2 Å². The molecule has 1 N–H and O–H groups in total. The van der Waals surface area contributed by atoms with E-state index in [2.05, 4.69) is 15.5 Å². The number of nitrogens with zero attached hydrogens (tertiary/aromatic N) is 2. The summed E-state index contributed by atoms with van der Waals surface area (Å²) in [7, 11) is 0. The van der Waals surface area contributed by atoms with Crippen LogP contribution in [0.1, 0.15) is 22.8 Å². The summed E-state index contributed by atoms with van der Waals surface area (Å²) in [6.45, 7) is 4.14. The second-order valence-electron chi connectivity index (χ2n) is 5.87. The number of aromatic nitrogens is 2. The van der Waals surface area contributed by atoms with Gasteiger partial charge in [-0.1, -0.05) is 22.8 Å². The zero-order valence-corrected chi connectivity index (χ0v) is 15.2. The topological polar surface area (TPSA) is 77.2 Å². The Balaban J connectivity index is 1.53. The number of carbonyl (C=O) groups excluding carboxylic acids is 1. The summed E-state index contributed by atoms with van der Waals surface area (Å²) in [4.78, 5) is 16.3. The molecule has 3 rings (SSSR count). The lowest BCUT2D eigenvalue weighted by molar-refractivity contribution is -0.115. The number of ether oxygens (including phenoxy) is 1. The molecule has 2 aromatic carbocycles. The lowest BCUT2D eigenvalue weighted by Crippen LogP contribution is -2.15. The zero-order valence-electron chi connectivity index (χ0n) is 14.5. The minimum Gasteiger partial charge on any atom is -0.484 e. The van der Waals surface area contributed by atoms with Crippen LogP contribution in [-0.2, 0) is 17.8 Å². The molecule has 6 nitrogen and oxygen atoms in total. The fraction of sp³-hybridized carbons (Fsp3) is 0.211. The number of hydrogen-bond acceptors (Lipinski definition) is 5. The summed E-state index contributed by atoms with van der Waals surface area (Å²) in [5.41, 5.74) is 3.03. The highest BCUT2D eigenvalue weighted by Gasteiger charge is 2.12.